The van der Waals surface area contributed by atoms with Crippen molar-refractivity contribution >= 4 is 23.6 Å². The fraction of sp³-hybridized carbons (Fsp3) is 0.421. The van der Waals surface area contributed by atoms with Crippen LogP contribution >= 0.6 is 0 Å². The van der Waals surface area contributed by atoms with E-state index in [0.717, 1.165) is 19.3 Å². The van der Waals surface area contributed by atoms with E-state index in [1.54, 1.807) is 12.1 Å². The molecule has 1 atom stereocenters. The molecule has 7 heteroatoms. The minimum atomic E-state index is -0.907. The standard InChI is InChI=1S/C19H25N3O4/c1-13(17(23)21-11-10-14-6-3-2-4-7-14)26-18(24)15-8-5-9-16(12-15)22-19(20)25/h5-6,8-9,12-13H,2-4,7,10-11H2,1H3,(H,21,23)(H3,20,22,25)/t13-/m1/s1. The van der Waals surface area contributed by atoms with E-state index in [-0.39, 0.29) is 11.5 Å². The molecule has 0 unspecified atom stereocenters. The maximum atomic E-state index is 12.2. The number of nitrogens with two attached hydrogens (primary N) is 1. The van der Waals surface area contributed by atoms with Crippen LogP contribution in [0.5, 0.6) is 0 Å². The van der Waals surface area contributed by atoms with Crippen molar-refractivity contribution in [2.45, 2.75) is 45.1 Å². The third-order valence-corrected chi connectivity index (χ3v) is 4.15. The molecule has 0 saturated heterocycles. The summed E-state index contributed by atoms with van der Waals surface area (Å²) in [4.78, 5) is 35.1. The Bertz CT molecular complexity index is 700. The number of anilines is 1. The molecule has 0 aliphatic heterocycles. The number of benzene rings is 1. The lowest BCUT2D eigenvalue weighted by atomic mass is 9.97. The maximum Gasteiger partial charge on any atom is 0.338 e. The van der Waals surface area contributed by atoms with Crippen LogP contribution in [0.4, 0.5) is 10.5 Å². The van der Waals surface area contributed by atoms with Crippen molar-refractivity contribution in [1.29, 1.82) is 0 Å². The Morgan fingerprint density at radius 1 is 1.27 bits per heavy atom. The molecule has 1 aliphatic rings. The molecule has 0 fully saturated rings. The molecular weight excluding hydrogens is 334 g/mol. The Hall–Kier alpha value is -2.83. The first kappa shape index (κ1) is 19.5. The van der Waals surface area contributed by atoms with Gasteiger partial charge in [0, 0.05) is 12.2 Å². The van der Waals surface area contributed by atoms with Gasteiger partial charge < -0.3 is 21.1 Å². The van der Waals surface area contributed by atoms with Crippen LogP contribution in [-0.4, -0.2) is 30.6 Å². The monoisotopic (exact) mass is 359 g/mol. The van der Waals surface area contributed by atoms with E-state index in [0.29, 0.717) is 12.2 Å². The Balaban J connectivity index is 1.81. The molecule has 26 heavy (non-hydrogen) atoms. The van der Waals surface area contributed by atoms with Gasteiger partial charge in [0.1, 0.15) is 0 Å². The Morgan fingerprint density at radius 3 is 2.77 bits per heavy atom. The molecule has 1 aliphatic carbocycles. The number of hydrogen-bond acceptors (Lipinski definition) is 4. The molecule has 3 amide bonds. The van der Waals surface area contributed by atoms with Crippen LogP contribution in [0.1, 0.15) is 49.4 Å². The van der Waals surface area contributed by atoms with Crippen molar-refractivity contribution in [3.63, 3.8) is 0 Å². The quantitative estimate of drug-likeness (QED) is 0.513. The highest BCUT2D eigenvalue weighted by Crippen LogP contribution is 2.19. The summed E-state index contributed by atoms with van der Waals surface area (Å²) >= 11 is 0. The van der Waals surface area contributed by atoms with Crippen LogP contribution in [-0.2, 0) is 9.53 Å². The lowest BCUT2D eigenvalue weighted by molar-refractivity contribution is -0.129. The van der Waals surface area contributed by atoms with E-state index in [2.05, 4.69) is 16.7 Å². The third-order valence-electron chi connectivity index (χ3n) is 4.15. The second-order valence-electron chi connectivity index (χ2n) is 6.27. The van der Waals surface area contributed by atoms with Gasteiger partial charge in [0.15, 0.2) is 6.10 Å². The normalized spacial score (nSPS) is 14.7. The van der Waals surface area contributed by atoms with Gasteiger partial charge in [0.2, 0.25) is 0 Å². The largest absolute Gasteiger partial charge is 0.449 e. The molecule has 2 rings (SSSR count). The molecular formula is C19H25N3O4. The Labute approximate surface area is 153 Å². The summed E-state index contributed by atoms with van der Waals surface area (Å²) in [6.45, 7) is 2.06. The number of carbonyl (C=O) groups excluding carboxylic acids is 3. The van der Waals surface area contributed by atoms with Crippen LogP contribution in [0.2, 0.25) is 0 Å². The van der Waals surface area contributed by atoms with E-state index in [1.807, 2.05) is 0 Å². The first-order valence-electron chi connectivity index (χ1n) is 8.79. The fourth-order valence-corrected chi connectivity index (χ4v) is 2.77. The predicted octanol–water partition coefficient (Wildman–Crippen LogP) is 2.73. The van der Waals surface area contributed by atoms with Gasteiger partial charge in [-0.25, -0.2) is 9.59 Å². The van der Waals surface area contributed by atoms with Crippen molar-refractivity contribution < 1.29 is 19.1 Å². The fourth-order valence-electron chi connectivity index (χ4n) is 2.77. The number of carbonyl (C=O) groups is 3. The van der Waals surface area contributed by atoms with Crippen molar-refractivity contribution in [2.24, 2.45) is 5.73 Å². The van der Waals surface area contributed by atoms with Gasteiger partial charge in [-0.05, 0) is 57.2 Å². The summed E-state index contributed by atoms with van der Waals surface area (Å²) in [7, 11) is 0. The van der Waals surface area contributed by atoms with Crippen molar-refractivity contribution in [1.82, 2.24) is 5.32 Å². The van der Waals surface area contributed by atoms with Crippen molar-refractivity contribution in [2.75, 3.05) is 11.9 Å². The molecule has 0 aromatic heterocycles. The summed E-state index contributed by atoms with van der Waals surface area (Å²) in [5.74, 6) is -0.975. The number of rotatable bonds is 7. The molecule has 0 spiro atoms. The molecule has 0 bridgehead atoms. The smallest absolute Gasteiger partial charge is 0.338 e. The number of allylic oxidation sites excluding steroid dienone is 1. The molecule has 0 heterocycles. The molecule has 0 radical (unpaired) electrons. The van der Waals surface area contributed by atoms with E-state index < -0.39 is 18.1 Å². The molecule has 1 aromatic rings. The first-order chi connectivity index (χ1) is 12.5. The molecule has 4 N–H and O–H groups in total. The minimum Gasteiger partial charge on any atom is -0.449 e. The predicted molar refractivity (Wildman–Crippen MR) is 98.7 cm³/mol. The summed E-state index contributed by atoms with van der Waals surface area (Å²) in [6.07, 6.45) is 6.81. The second kappa shape index (κ2) is 9.60. The Morgan fingerprint density at radius 2 is 2.08 bits per heavy atom. The van der Waals surface area contributed by atoms with E-state index >= 15 is 0 Å². The van der Waals surface area contributed by atoms with Gasteiger partial charge in [0.25, 0.3) is 5.91 Å². The molecule has 1 aromatic carbocycles. The number of urea groups is 1. The van der Waals surface area contributed by atoms with Gasteiger partial charge >= 0.3 is 12.0 Å². The SMILES string of the molecule is C[C@@H](OC(=O)c1cccc(NC(N)=O)c1)C(=O)NCCC1=CCCCC1. The first-order valence-corrected chi connectivity index (χ1v) is 8.79. The summed E-state index contributed by atoms with van der Waals surface area (Å²) in [5.41, 5.74) is 7.03. The number of primary amides is 1. The van der Waals surface area contributed by atoms with Crippen molar-refractivity contribution in [3.8, 4) is 0 Å². The molecule has 140 valence electrons. The number of amides is 3. The van der Waals surface area contributed by atoms with Gasteiger partial charge in [-0.2, -0.15) is 0 Å². The highest BCUT2D eigenvalue weighted by atomic mass is 16.5. The summed E-state index contributed by atoms with van der Waals surface area (Å²) < 4.78 is 5.19. The second-order valence-corrected chi connectivity index (χ2v) is 6.27. The number of ether oxygens (including phenoxy) is 1. The highest BCUT2D eigenvalue weighted by molar-refractivity contribution is 5.94. The maximum absolute atomic E-state index is 12.2. The third kappa shape index (κ3) is 6.23. The van der Waals surface area contributed by atoms with Gasteiger partial charge in [-0.3, -0.25) is 4.79 Å². The van der Waals surface area contributed by atoms with Gasteiger partial charge in [0.05, 0.1) is 5.56 Å². The number of esters is 1. The van der Waals surface area contributed by atoms with Crippen LogP contribution in [0.3, 0.4) is 0 Å². The van der Waals surface area contributed by atoms with E-state index in [9.17, 15) is 14.4 Å². The zero-order valence-corrected chi connectivity index (χ0v) is 14.9. The lowest BCUT2D eigenvalue weighted by Crippen LogP contribution is -2.36. The summed E-state index contributed by atoms with van der Waals surface area (Å²) in [6, 6.07) is 5.43. The van der Waals surface area contributed by atoms with Crippen LogP contribution in [0, 0.1) is 0 Å². The molecule has 0 saturated carbocycles. The average molecular weight is 359 g/mol. The zero-order chi connectivity index (χ0) is 18.9. The zero-order valence-electron chi connectivity index (χ0n) is 14.9. The van der Waals surface area contributed by atoms with Gasteiger partial charge in [-0.15, -0.1) is 0 Å². The van der Waals surface area contributed by atoms with Crippen molar-refractivity contribution in [3.05, 3.63) is 41.5 Å². The summed E-state index contributed by atoms with van der Waals surface area (Å²) in [5, 5.41) is 5.18. The van der Waals surface area contributed by atoms with Crippen LogP contribution in [0.15, 0.2) is 35.9 Å². The van der Waals surface area contributed by atoms with Crippen LogP contribution in [0.25, 0.3) is 0 Å². The van der Waals surface area contributed by atoms with Crippen LogP contribution < -0.4 is 16.4 Å². The van der Waals surface area contributed by atoms with E-state index in [1.165, 1.54) is 37.5 Å². The topological polar surface area (TPSA) is 111 Å². The lowest BCUT2D eigenvalue weighted by Gasteiger charge is -2.16. The van der Waals surface area contributed by atoms with E-state index in [4.69, 9.17) is 10.5 Å². The molecule has 7 nitrogen and oxygen atoms in total. The minimum absolute atomic E-state index is 0.225. The highest BCUT2D eigenvalue weighted by Gasteiger charge is 2.19. The average Bonchev–Trinajstić information content (AvgIpc) is 2.62. The number of hydrogen-bond donors (Lipinski definition) is 3. The van der Waals surface area contributed by atoms with Gasteiger partial charge in [-0.1, -0.05) is 17.7 Å². The number of nitrogens with one attached hydrogen (secondary N) is 2. The Kier molecular flexibility index (Phi) is 7.20.